The van der Waals surface area contributed by atoms with E-state index < -0.39 is 0 Å². The van der Waals surface area contributed by atoms with Gasteiger partial charge in [0.15, 0.2) is 0 Å². The molecule has 0 bridgehead atoms. The molecule has 17 heavy (non-hydrogen) atoms. The summed E-state index contributed by atoms with van der Waals surface area (Å²) in [7, 11) is 0. The molecule has 1 N–H and O–H groups in total. The molecule has 0 aliphatic rings. The molecule has 0 saturated heterocycles. The number of rotatable bonds is 5. The van der Waals surface area contributed by atoms with Gasteiger partial charge in [0.1, 0.15) is 5.82 Å². The van der Waals surface area contributed by atoms with E-state index in [1.807, 2.05) is 10.9 Å². The van der Waals surface area contributed by atoms with Crippen molar-refractivity contribution in [3.63, 3.8) is 0 Å². The van der Waals surface area contributed by atoms with Gasteiger partial charge >= 0.3 is 0 Å². The van der Waals surface area contributed by atoms with Crippen LogP contribution >= 0.6 is 0 Å². The first-order valence-electron chi connectivity index (χ1n) is 5.64. The molecular formula is C13H15FN2O. The Morgan fingerprint density at radius 3 is 2.65 bits per heavy atom. The van der Waals surface area contributed by atoms with Gasteiger partial charge in [-0.15, -0.1) is 0 Å². The van der Waals surface area contributed by atoms with Crippen LogP contribution < -0.4 is 0 Å². The Hall–Kier alpha value is -1.68. The lowest BCUT2D eigenvalue weighted by Crippen LogP contribution is -1.99. The van der Waals surface area contributed by atoms with E-state index in [0.29, 0.717) is 6.54 Å². The zero-order valence-electron chi connectivity index (χ0n) is 9.51. The molecule has 1 aromatic heterocycles. The van der Waals surface area contributed by atoms with Crippen molar-refractivity contribution in [3.8, 4) is 0 Å². The molecule has 0 unspecified atom stereocenters. The fourth-order valence-electron chi connectivity index (χ4n) is 1.68. The fourth-order valence-corrected chi connectivity index (χ4v) is 1.68. The molecule has 3 nitrogen and oxygen atoms in total. The largest absolute Gasteiger partial charge is 0.396 e. The van der Waals surface area contributed by atoms with Crippen LogP contribution in [-0.2, 0) is 13.0 Å². The maximum atomic E-state index is 12.7. The molecule has 90 valence electrons. The summed E-state index contributed by atoms with van der Waals surface area (Å²) in [6.07, 6.45) is 5.35. The highest BCUT2D eigenvalue weighted by Gasteiger charge is 2.00. The third-order valence-corrected chi connectivity index (χ3v) is 2.57. The van der Waals surface area contributed by atoms with Gasteiger partial charge in [0.2, 0.25) is 0 Å². The van der Waals surface area contributed by atoms with Crippen LogP contribution in [0.5, 0.6) is 0 Å². The minimum atomic E-state index is -0.224. The van der Waals surface area contributed by atoms with Crippen LogP contribution in [-0.4, -0.2) is 21.5 Å². The molecule has 2 aromatic rings. The zero-order valence-corrected chi connectivity index (χ0v) is 9.51. The minimum Gasteiger partial charge on any atom is -0.396 e. The van der Waals surface area contributed by atoms with Gasteiger partial charge in [0.25, 0.3) is 0 Å². The second-order valence-corrected chi connectivity index (χ2v) is 4.00. The van der Waals surface area contributed by atoms with Gasteiger partial charge in [-0.1, -0.05) is 12.1 Å². The van der Waals surface area contributed by atoms with Gasteiger partial charge in [-0.05, 0) is 36.1 Å². The molecule has 0 aliphatic heterocycles. The quantitative estimate of drug-likeness (QED) is 0.859. The maximum Gasteiger partial charge on any atom is 0.123 e. The Morgan fingerprint density at radius 2 is 1.94 bits per heavy atom. The van der Waals surface area contributed by atoms with Crippen LogP contribution in [0.4, 0.5) is 4.39 Å². The van der Waals surface area contributed by atoms with Crippen LogP contribution in [0.15, 0.2) is 36.7 Å². The van der Waals surface area contributed by atoms with Crippen molar-refractivity contribution >= 4 is 0 Å². The van der Waals surface area contributed by atoms with Crippen LogP contribution in [0, 0.1) is 5.82 Å². The van der Waals surface area contributed by atoms with Crippen molar-refractivity contribution in [2.24, 2.45) is 0 Å². The van der Waals surface area contributed by atoms with Crippen molar-refractivity contribution in [1.29, 1.82) is 0 Å². The normalized spacial score (nSPS) is 10.7. The lowest BCUT2D eigenvalue weighted by molar-refractivity contribution is 0.288. The number of hydrogen-bond donors (Lipinski definition) is 1. The fraction of sp³-hybridized carbons (Fsp3) is 0.308. The smallest absolute Gasteiger partial charge is 0.123 e. The van der Waals surface area contributed by atoms with Crippen LogP contribution in [0.25, 0.3) is 0 Å². The van der Waals surface area contributed by atoms with E-state index >= 15 is 0 Å². The highest BCUT2D eigenvalue weighted by atomic mass is 19.1. The molecule has 0 amide bonds. The van der Waals surface area contributed by atoms with E-state index in [2.05, 4.69) is 5.10 Å². The predicted octanol–water partition coefficient (Wildman–Crippen LogP) is 2.00. The number of hydrogen-bond acceptors (Lipinski definition) is 2. The minimum absolute atomic E-state index is 0.198. The topological polar surface area (TPSA) is 38.1 Å². The van der Waals surface area contributed by atoms with E-state index in [1.165, 1.54) is 12.1 Å². The molecule has 4 heteroatoms. The summed E-state index contributed by atoms with van der Waals surface area (Å²) in [6.45, 7) is 0.836. The molecule has 0 aliphatic carbocycles. The maximum absolute atomic E-state index is 12.7. The average Bonchev–Trinajstić information content (AvgIpc) is 2.77. The highest BCUT2D eigenvalue weighted by Crippen LogP contribution is 2.07. The molecule has 0 radical (unpaired) electrons. The van der Waals surface area contributed by atoms with Gasteiger partial charge in [-0.3, -0.25) is 4.68 Å². The SMILES string of the molecule is OCCCc1cnn(Cc2ccc(F)cc2)c1. The number of nitrogens with zero attached hydrogens (tertiary/aromatic N) is 2. The van der Waals surface area contributed by atoms with Gasteiger partial charge in [0, 0.05) is 12.8 Å². The van der Waals surface area contributed by atoms with Gasteiger partial charge < -0.3 is 5.11 Å². The van der Waals surface area contributed by atoms with Gasteiger partial charge in [0.05, 0.1) is 12.7 Å². The molecule has 0 spiro atoms. The van der Waals surface area contributed by atoms with Crippen molar-refractivity contribution in [3.05, 3.63) is 53.6 Å². The Bertz CT molecular complexity index is 465. The molecule has 1 aromatic carbocycles. The molecule has 2 rings (SSSR count). The Morgan fingerprint density at radius 1 is 1.18 bits per heavy atom. The zero-order chi connectivity index (χ0) is 12.1. The summed E-state index contributed by atoms with van der Waals surface area (Å²) in [5, 5.41) is 13.0. The first kappa shape index (κ1) is 11.8. The number of aliphatic hydroxyl groups is 1. The Labute approximate surface area is 99.5 Å². The van der Waals surface area contributed by atoms with E-state index in [1.54, 1.807) is 18.3 Å². The number of benzene rings is 1. The van der Waals surface area contributed by atoms with Crippen molar-refractivity contribution in [2.45, 2.75) is 19.4 Å². The summed E-state index contributed by atoms with van der Waals surface area (Å²) in [6, 6.07) is 6.41. The average molecular weight is 234 g/mol. The van der Waals surface area contributed by atoms with Crippen molar-refractivity contribution in [1.82, 2.24) is 9.78 Å². The number of aromatic nitrogens is 2. The summed E-state index contributed by atoms with van der Waals surface area (Å²) in [4.78, 5) is 0. The van der Waals surface area contributed by atoms with E-state index in [4.69, 9.17) is 5.11 Å². The van der Waals surface area contributed by atoms with E-state index in [-0.39, 0.29) is 12.4 Å². The van der Waals surface area contributed by atoms with E-state index in [9.17, 15) is 4.39 Å². The van der Waals surface area contributed by atoms with Crippen molar-refractivity contribution < 1.29 is 9.50 Å². The Kier molecular flexibility index (Phi) is 3.88. The summed E-state index contributed by atoms with van der Waals surface area (Å²) < 4.78 is 14.5. The predicted molar refractivity (Wildman–Crippen MR) is 63.1 cm³/mol. The van der Waals surface area contributed by atoms with Crippen LogP contribution in [0.3, 0.4) is 0 Å². The number of aliphatic hydroxyl groups excluding tert-OH is 1. The third-order valence-electron chi connectivity index (χ3n) is 2.57. The number of halogens is 1. The first-order valence-corrected chi connectivity index (χ1v) is 5.64. The summed E-state index contributed by atoms with van der Waals surface area (Å²) >= 11 is 0. The lowest BCUT2D eigenvalue weighted by atomic mass is 10.2. The molecule has 0 atom stereocenters. The van der Waals surface area contributed by atoms with Crippen LogP contribution in [0.1, 0.15) is 17.5 Å². The molecule has 0 fully saturated rings. The molecular weight excluding hydrogens is 219 g/mol. The van der Waals surface area contributed by atoms with Gasteiger partial charge in [-0.25, -0.2) is 4.39 Å². The third kappa shape index (κ3) is 3.39. The van der Waals surface area contributed by atoms with Gasteiger partial charge in [-0.2, -0.15) is 5.10 Å². The summed E-state index contributed by atoms with van der Waals surface area (Å²) in [5.41, 5.74) is 2.13. The first-order chi connectivity index (χ1) is 8.28. The second-order valence-electron chi connectivity index (χ2n) is 4.00. The van der Waals surface area contributed by atoms with E-state index in [0.717, 1.165) is 24.0 Å². The highest BCUT2D eigenvalue weighted by molar-refractivity contribution is 5.16. The monoisotopic (exact) mass is 234 g/mol. The Balaban J connectivity index is 1.98. The summed E-state index contributed by atoms with van der Waals surface area (Å²) in [5.74, 6) is -0.224. The second kappa shape index (κ2) is 5.59. The number of aryl methyl sites for hydroxylation is 1. The lowest BCUT2D eigenvalue weighted by Gasteiger charge is -2.01. The molecule has 1 heterocycles. The van der Waals surface area contributed by atoms with Crippen molar-refractivity contribution in [2.75, 3.05) is 6.61 Å². The molecule has 0 saturated carbocycles. The standard InChI is InChI=1S/C13H15FN2O/c14-13-5-3-11(4-6-13)9-16-10-12(8-15-16)2-1-7-17/h3-6,8,10,17H,1-2,7,9H2. The van der Waals surface area contributed by atoms with Crippen LogP contribution in [0.2, 0.25) is 0 Å².